The summed E-state index contributed by atoms with van der Waals surface area (Å²) in [6, 6.07) is 9.07. The quantitative estimate of drug-likeness (QED) is 0.487. The molecule has 1 heterocycles. The summed E-state index contributed by atoms with van der Waals surface area (Å²) < 4.78 is 5.30. The predicted octanol–water partition coefficient (Wildman–Crippen LogP) is 3.93. The van der Waals surface area contributed by atoms with Crippen LogP contribution in [-0.4, -0.2) is 51.3 Å². The lowest BCUT2D eigenvalue weighted by Gasteiger charge is -2.42. The van der Waals surface area contributed by atoms with E-state index in [0.29, 0.717) is 5.41 Å². The first-order chi connectivity index (χ1) is 14.2. The number of hydrogen-bond donors (Lipinski definition) is 2. The van der Waals surface area contributed by atoms with Gasteiger partial charge in [-0.1, -0.05) is 43.5 Å². The summed E-state index contributed by atoms with van der Waals surface area (Å²) in [5, 5.41) is 7.01. The Kier molecular flexibility index (Phi) is 8.81. The van der Waals surface area contributed by atoms with Crippen LogP contribution in [0.2, 0.25) is 0 Å². The third kappa shape index (κ3) is 7.00. The highest BCUT2D eigenvalue weighted by atomic mass is 16.5. The first-order valence-electron chi connectivity index (χ1n) is 11.5. The monoisotopic (exact) mass is 400 g/mol. The highest BCUT2D eigenvalue weighted by molar-refractivity contribution is 5.79. The fraction of sp³-hybridized carbons (Fsp3) is 0.708. The summed E-state index contributed by atoms with van der Waals surface area (Å²) in [7, 11) is 3.64. The Hall–Kier alpha value is -1.59. The Balaban J connectivity index is 1.42. The molecule has 0 bridgehead atoms. The topological polar surface area (TPSA) is 48.9 Å². The number of aliphatic imine (C=N–C) groups is 1. The van der Waals surface area contributed by atoms with E-state index in [1.165, 1.54) is 69.2 Å². The maximum atomic E-state index is 5.30. The molecule has 5 nitrogen and oxygen atoms in total. The highest BCUT2D eigenvalue weighted by Gasteiger charge is 2.36. The molecule has 5 heteroatoms. The molecule has 29 heavy (non-hydrogen) atoms. The third-order valence-electron chi connectivity index (χ3n) is 6.69. The van der Waals surface area contributed by atoms with E-state index in [1.807, 2.05) is 7.05 Å². The summed E-state index contributed by atoms with van der Waals surface area (Å²) in [6.45, 7) is 6.20. The molecule has 1 saturated heterocycles. The van der Waals surface area contributed by atoms with Gasteiger partial charge >= 0.3 is 0 Å². The summed E-state index contributed by atoms with van der Waals surface area (Å²) in [5.74, 6) is 0.891. The number of hydrogen-bond acceptors (Lipinski definition) is 3. The van der Waals surface area contributed by atoms with Crippen LogP contribution >= 0.6 is 0 Å². The summed E-state index contributed by atoms with van der Waals surface area (Å²) in [4.78, 5) is 7.01. The number of rotatable bonds is 9. The van der Waals surface area contributed by atoms with Crippen LogP contribution in [0.4, 0.5) is 0 Å². The molecular formula is C24H40N4O. The minimum Gasteiger partial charge on any atom is -0.385 e. The zero-order valence-electron chi connectivity index (χ0n) is 18.5. The van der Waals surface area contributed by atoms with Crippen molar-refractivity contribution >= 4 is 5.96 Å². The van der Waals surface area contributed by atoms with Crippen LogP contribution in [0.15, 0.2) is 29.3 Å². The van der Waals surface area contributed by atoms with Crippen LogP contribution in [0.1, 0.15) is 62.5 Å². The van der Waals surface area contributed by atoms with Gasteiger partial charge in [-0.25, -0.2) is 0 Å². The van der Waals surface area contributed by atoms with Crippen molar-refractivity contribution in [2.24, 2.45) is 10.4 Å². The zero-order chi connectivity index (χ0) is 20.4. The van der Waals surface area contributed by atoms with Gasteiger partial charge in [0.1, 0.15) is 0 Å². The van der Waals surface area contributed by atoms with E-state index in [1.54, 1.807) is 7.11 Å². The molecule has 1 aromatic rings. The first-order valence-corrected chi connectivity index (χ1v) is 11.5. The van der Waals surface area contributed by atoms with Gasteiger partial charge in [0.2, 0.25) is 0 Å². The van der Waals surface area contributed by atoms with Crippen molar-refractivity contribution in [2.45, 2.75) is 64.5 Å². The van der Waals surface area contributed by atoms with Crippen molar-refractivity contribution in [3.05, 3.63) is 35.4 Å². The number of ether oxygens (including phenoxy) is 1. The number of nitrogens with one attached hydrogen (secondary N) is 2. The van der Waals surface area contributed by atoms with Gasteiger partial charge in [0.25, 0.3) is 0 Å². The lowest BCUT2D eigenvalue weighted by molar-refractivity contribution is 0.0732. The predicted molar refractivity (Wildman–Crippen MR) is 121 cm³/mol. The molecule has 2 N–H and O–H groups in total. The Morgan fingerprint density at radius 3 is 2.28 bits per heavy atom. The second-order valence-electron chi connectivity index (χ2n) is 8.88. The second kappa shape index (κ2) is 11.6. The van der Waals surface area contributed by atoms with E-state index in [9.17, 15) is 0 Å². The Labute approximate surface area is 177 Å². The second-order valence-corrected chi connectivity index (χ2v) is 8.88. The van der Waals surface area contributed by atoms with Gasteiger partial charge in [-0.15, -0.1) is 0 Å². The molecule has 162 valence electrons. The number of likely N-dealkylation sites (tertiary alicyclic amines) is 1. The third-order valence-corrected chi connectivity index (χ3v) is 6.69. The van der Waals surface area contributed by atoms with Gasteiger partial charge in [0, 0.05) is 40.4 Å². The van der Waals surface area contributed by atoms with Gasteiger partial charge in [0.05, 0.1) is 0 Å². The standard InChI is InChI=1S/C24H40N4O/c1-25-23(27-20-24(12-7-13-24)14-17-29-2)26-18-21-8-10-22(11-9-21)19-28-15-5-3-4-6-16-28/h8-11H,3-7,12-20H2,1-2H3,(H2,25,26,27). The number of guanidine groups is 1. The normalized spacial score (nSPS) is 20.0. The van der Waals surface area contributed by atoms with E-state index in [2.05, 4.69) is 44.8 Å². The molecule has 1 aromatic carbocycles. The molecule has 0 amide bonds. The van der Waals surface area contributed by atoms with Gasteiger partial charge in [0.15, 0.2) is 5.96 Å². The van der Waals surface area contributed by atoms with Crippen molar-refractivity contribution in [1.29, 1.82) is 0 Å². The van der Waals surface area contributed by atoms with Gasteiger partial charge in [-0.3, -0.25) is 9.89 Å². The highest BCUT2D eigenvalue weighted by Crippen LogP contribution is 2.43. The Morgan fingerprint density at radius 1 is 1.00 bits per heavy atom. The number of nitrogens with zero attached hydrogens (tertiary/aromatic N) is 2. The zero-order valence-corrected chi connectivity index (χ0v) is 18.5. The lowest BCUT2D eigenvalue weighted by Crippen LogP contribution is -2.46. The van der Waals surface area contributed by atoms with E-state index >= 15 is 0 Å². The SMILES string of the molecule is CN=C(NCc1ccc(CN2CCCCCC2)cc1)NCC1(CCOC)CCC1. The van der Waals surface area contributed by atoms with Gasteiger partial charge in [-0.05, 0) is 61.7 Å². The fourth-order valence-corrected chi connectivity index (χ4v) is 4.50. The van der Waals surface area contributed by atoms with E-state index in [-0.39, 0.29) is 0 Å². The largest absolute Gasteiger partial charge is 0.385 e. The van der Waals surface area contributed by atoms with Crippen molar-refractivity contribution in [1.82, 2.24) is 15.5 Å². The smallest absolute Gasteiger partial charge is 0.191 e. The lowest BCUT2D eigenvalue weighted by atomic mass is 9.67. The van der Waals surface area contributed by atoms with Crippen LogP contribution in [0.3, 0.4) is 0 Å². The summed E-state index contributed by atoms with van der Waals surface area (Å²) in [5.41, 5.74) is 3.11. The Bertz CT molecular complexity index is 616. The van der Waals surface area contributed by atoms with Crippen molar-refractivity contribution < 1.29 is 4.74 Å². The average molecular weight is 401 g/mol. The molecule has 1 saturated carbocycles. The molecule has 0 unspecified atom stereocenters. The molecule has 0 radical (unpaired) electrons. The Morgan fingerprint density at radius 2 is 1.69 bits per heavy atom. The maximum absolute atomic E-state index is 5.30. The van der Waals surface area contributed by atoms with E-state index in [4.69, 9.17) is 4.74 Å². The fourth-order valence-electron chi connectivity index (χ4n) is 4.50. The molecule has 0 atom stereocenters. The van der Waals surface area contributed by atoms with Crippen LogP contribution in [-0.2, 0) is 17.8 Å². The molecule has 1 aliphatic carbocycles. The summed E-state index contributed by atoms with van der Waals surface area (Å²) in [6.07, 6.45) is 10.5. The maximum Gasteiger partial charge on any atom is 0.191 e. The van der Waals surface area contributed by atoms with Crippen LogP contribution < -0.4 is 10.6 Å². The molecule has 0 aromatic heterocycles. The minimum absolute atomic E-state index is 0.391. The summed E-state index contributed by atoms with van der Waals surface area (Å²) >= 11 is 0. The first kappa shape index (κ1) is 22.1. The van der Waals surface area contributed by atoms with Gasteiger partial charge < -0.3 is 15.4 Å². The minimum atomic E-state index is 0.391. The number of benzene rings is 1. The van der Waals surface area contributed by atoms with Crippen LogP contribution in [0.25, 0.3) is 0 Å². The molecule has 2 aliphatic rings. The van der Waals surface area contributed by atoms with Crippen LogP contribution in [0, 0.1) is 5.41 Å². The van der Waals surface area contributed by atoms with Gasteiger partial charge in [-0.2, -0.15) is 0 Å². The van der Waals surface area contributed by atoms with Crippen molar-refractivity contribution in [3.63, 3.8) is 0 Å². The van der Waals surface area contributed by atoms with E-state index < -0.39 is 0 Å². The van der Waals surface area contributed by atoms with Crippen LogP contribution in [0.5, 0.6) is 0 Å². The molecular weight excluding hydrogens is 360 g/mol. The molecule has 1 aliphatic heterocycles. The average Bonchev–Trinajstić information content (AvgIpc) is 2.99. The molecule has 2 fully saturated rings. The van der Waals surface area contributed by atoms with Crippen molar-refractivity contribution in [2.75, 3.05) is 40.4 Å². The van der Waals surface area contributed by atoms with Crippen molar-refractivity contribution in [3.8, 4) is 0 Å². The van der Waals surface area contributed by atoms with E-state index in [0.717, 1.165) is 38.6 Å². The molecule has 3 rings (SSSR count). The molecule has 0 spiro atoms. The number of methoxy groups -OCH3 is 1.